The second kappa shape index (κ2) is 6.91. The van der Waals surface area contributed by atoms with E-state index in [1.807, 2.05) is 27.7 Å². The topological polar surface area (TPSA) is 67.4 Å². The summed E-state index contributed by atoms with van der Waals surface area (Å²) in [6, 6.07) is 2.13. The Hall–Kier alpha value is -1.56. The zero-order chi connectivity index (χ0) is 17.2. The van der Waals surface area contributed by atoms with Crippen LogP contribution in [-0.2, 0) is 4.74 Å². The van der Waals surface area contributed by atoms with Crippen LogP contribution in [-0.4, -0.2) is 40.3 Å². The van der Waals surface area contributed by atoms with Gasteiger partial charge in [0.05, 0.1) is 0 Å². The van der Waals surface area contributed by atoms with E-state index in [9.17, 15) is 4.79 Å². The molecule has 1 aliphatic heterocycles. The lowest BCUT2D eigenvalue weighted by molar-refractivity contribution is 0.0494. The number of nitrogens with zero attached hydrogens (tertiary/aromatic N) is 3. The van der Waals surface area contributed by atoms with E-state index in [-0.39, 0.29) is 18.2 Å². The molecule has 2 unspecified atom stereocenters. The number of halogens is 1. The van der Waals surface area contributed by atoms with Gasteiger partial charge in [-0.1, -0.05) is 11.6 Å². The molecule has 23 heavy (non-hydrogen) atoms. The summed E-state index contributed by atoms with van der Waals surface area (Å²) in [4.78, 5) is 22.6. The molecule has 2 heterocycles. The molecule has 128 valence electrons. The summed E-state index contributed by atoms with van der Waals surface area (Å²) < 4.78 is 5.32. The van der Waals surface area contributed by atoms with E-state index >= 15 is 0 Å². The number of amides is 1. The molecule has 7 heteroatoms. The van der Waals surface area contributed by atoms with Gasteiger partial charge >= 0.3 is 6.09 Å². The molecule has 0 saturated carbocycles. The highest BCUT2D eigenvalue weighted by atomic mass is 35.5. The van der Waals surface area contributed by atoms with Crippen molar-refractivity contribution in [3.8, 4) is 0 Å². The van der Waals surface area contributed by atoms with Crippen LogP contribution in [0.1, 0.15) is 46.4 Å². The third-order valence-corrected chi connectivity index (χ3v) is 3.88. The molecule has 1 saturated heterocycles. The van der Waals surface area contributed by atoms with Gasteiger partial charge in [0.1, 0.15) is 22.4 Å². The second-order valence-electron chi connectivity index (χ2n) is 7.01. The molecule has 6 nitrogen and oxygen atoms in total. The van der Waals surface area contributed by atoms with Crippen LogP contribution in [0, 0.1) is 6.92 Å². The van der Waals surface area contributed by atoms with Gasteiger partial charge in [0.15, 0.2) is 0 Å². The highest BCUT2D eigenvalue weighted by Gasteiger charge is 2.29. The van der Waals surface area contributed by atoms with Gasteiger partial charge < -0.3 is 15.0 Å². The van der Waals surface area contributed by atoms with Gasteiger partial charge in [-0.2, -0.15) is 0 Å². The van der Waals surface area contributed by atoms with E-state index in [1.54, 1.807) is 6.07 Å². The highest BCUT2D eigenvalue weighted by Crippen LogP contribution is 2.25. The van der Waals surface area contributed by atoms with Crippen molar-refractivity contribution in [3.05, 3.63) is 17.0 Å². The number of hydrogen-bond acceptors (Lipinski definition) is 5. The van der Waals surface area contributed by atoms with E-state index in [4.69, 9.17) is 16.3 Å². The molecule has 1 aromatic rings. The lowest BCUT2D eigenvalue weighted by Gasteiger charge is -2.38. The molecule has 1 aliphatic rings. The molecule has 1 fully saturated rings. The van der Waals surface area contributed by atoms with Crippen molar-refractivity contribution in [1.29, 1.82) is 0 Å². The fraction of sp³-hybridized carbons (Fsp3) is 0.688. The van der Waals surface area contributed by atoms with Crippen molar-refractivity contribution < 1.29 is 9.53 Å². The molecule has 0 spiro atoms. The van der Waals surface area contributed by atoms with Crippen molar-refractivity contribution in [2.24, 2.45) is 0 Å². The summed E-state index contributed by atoms with van der Waals surface area (Å²) in [6.45, 7) is 10.3. The molecular formula is C16H25ClN4O2. The van der Waals surface area contributed by atoms with Crippen LogP contribution in [0.2, 0.25) is 5.15 Å². The predicted octanol–water partition coefficient (Wildman–Crippen LogP) is 3.32. The molecule has 0 radical (unpaired) electrons. The van der Waals surface area contributed by atoms with E-state index < -0.39 is 5.60 Å². The lowest BCUT2D eigenvalue weighted by atomic mass is 9.98. The number of ether oxygens (including phenoxy) is 1. The molecule has 2 atom stereocenters. The molecule has 1 amide bonds. The molecular weight excluding hydrogens is 316 g/mol. The van der Waals surface area contributed by atoms with Gasteiger partial charge in [-0.25, -0.2) is 14.8 Å². The summed E-state index contributed by atoms with van der Waals surface area (Å²) in [5, 5.41) is 3.41. The number of rotatable bonds is 2. The normalized spacial score (nSPS) is 21.9. The SMILES string of the molecule is Cc1nc(Cl)cc(N2CCC(NC(=O)OC(C)(C)C)CC2C)n1. The highest BCUT2D eigenvalue weighted by molar-refractivity contribution is 6.29. The molecule has 1 aromatic heterocycles. The maximum atomic E-state index is 11.9. The van der Waals surface area contributed by atoms with Gasteiger partial charge in [0.2, 0.25) is 0 Å². The summed E-state index contributed by atoms with van der Waals surface area (Å²) in [5.74, 6) is 1.50. The lowest BCUT2D eigenvalue weighted by Crippen LogP contribution is -2.50. The third-order valence-electron chi connectivity index (χ3n) is 3.68. The van der Waals surface area contributed by atoms with Crippen LogP contribution in [0.4, 0.5) is 10.6 Å². The van der Waals surface area contributed by atoms with Crippen LogP contribution in [0.3, 0.4) is 0 Å². The number of aromatic nitrogens is 2. The Labute approximate surface area is 142 Å². The Morgan fingerprint density at radius 2 is 2.13 bits per heavy atom. The summed E-state index contributed by atoms with van der Waals surface area (Å²) >= 11 is 6.02. The fourth-order valence-corrected chi connectivity index (χ4v) is 3.00. The molecule has 2 rings (SSSR count). The number of carbonyl (C=O) groups is 1. The Kier molecular flexibility index (Phi) is 5.34. The van der Waals surface area contributed by atoms with Crippen LogP contribution in [0.15, 0.2) is 6.07 Å². The largest absolute Gasteiger partial charge is 0.444 e. The number of carbonyl (C=O) groups excluding carboxylic acids is 1. The zero-order valence-corrected chi connectivity index (χ0v) is 15.1. The minimum Gasteiger partial charge on any atom is -0.444 e. The van der Waals surface area contributed by atoms with E-state index in [2.05, 4.69) is 27.1 Å². The molecule has 0 bridgehead atoms. The van der Waals surface area contributed by atoms with Crippen LogP contribution in [0.25, 0.3) is 0 Å². The van der Waals surface area contributed by atoms with E-state index in [0.717, 1.165) is 25.2 Å². The smallest absolute Gasteiger partial charge is 0.407 e. The van der Waals surface area contributed by atoms with Crippen LogP contribution < -0.4 is 10.2 Å². The Balaban J connectivity index is 1.96. The average molecular weight is 341 g/mol. The third kappa shape index (κ3) is 5.23. The van der Waals surface area contributed by atoms with Crippen molar-refractivity contribution >= 4 is 23.5 Å². The maximum absolute atomic E-state index is 11.9. The first kappa shape index (κ1) is 17.8. The first-order valence-electron chi connectivity index (χ1n) is 7.91. The molecule has 0 aromatic carbocycles. The van der Waals surface area contributed by atoms with Gasteiger partial charge in [-0.15, -0.1) is 0 Å². The van der Waals surface area contributed by atoms with E-state index in [0.29, 0.717) is 11.0 Å². The zero-order valence-electron chi connectivity index (χ0n) is 14.4. The average Bonchev–Trinajstić information content (AvgIpc) is 2.34. The van der Waals surface area contributed by atoms with Crippen LogP contribution in [0.5, 0.6) is 0 Å². The Bertz CT molecular complexity index is 553. The first-order chi connectivity index (χ1) is 10.6. The summed E-state index contributed by atoms with van der Waals surface area (Å²) in [5.41, 5.74) is -0.481. The Morgan fingerprint density at radius 3 is 2.70 bits per heavy atom. The number of piperidine rings is 1. The minimum absolute atomic E-state index is 0.106. The fourth-order valence-electron chi connectivity index (χ4n) is 2.78. The predicted molar refractivity (Wildman–Crippen MR) is 91.0 cm³/mol. The standard InChI is InChI=1S/C16H25ClN4O2/c1-10-8-12(20-15(22)23-16(3,4)5)6-7-21(10)14-9-13(17)18-11(2)19-14/h9-10,12H,6-8H2,1-5H3,(H,20,22). The van der Waals surface area contributed by atoms with Gasteiger partial charge in [0.25, 0.3) is 0 Å². The summed E-state index contributed by atoms with van der Waals surface area (Å²) in [6.07, 6.45) is 1.31. The first-order valence-corrected chi connectivity index (χ1v) is 8.29. The number of hydrogen-bond donors (Lipinski definition) is 1. The quantitative estimate of drug-likeness (QED) is 0.836. The van der Waals surface area contributed by atoms with Crippen molar-refractivity contribution in [1.82, 2.24) is 15.3 Å². The van der Waals surface area contributed by atoms with Crippen molar-refractivity contribution in [3.63, 3.8) is 0 Å². The molecule has 1 N–H and O–H groups in total. The maximum Gasteiger partial charge on any atom is 0.407 e. The van der Waals surface area contributed by atoms with Gasteiger partial charge in [-0.05, 0) is 47.5 Å². The number of aryl methyl sites for hydroxylation is 1. The number of nitrogens with one attached hydrogen (secondary N) is 1. The minimum atomic E-state index is -0.481. The number of anilines is 1. The monoisotopic (exact) mass is 340 g/mol. The van der Waals surface area contributed by atoms with Gasteiger partial charge in [0, 0.05) is 24.7 Å². The second-order valence-corrected chi connectivity index (χ2v) is 7.39. The Morgan fingerprint density at radius 1 is 1.43 bits per heavy atom. The summed E-state index contributed by atoms with van der Waals surface area (Å²) in [7, 11) is 0. The van der Waals surface area contributed by atoms with Gasteiger partial charge in [-0.3, -0.25) is 0 Å². The van der Waals surface area contributed by atoms with E-state index in [1.165, 1.54) is 0 Å². The molecule has 0 aliphatic carbocycles. The van der Waals surface area contributed by atoms with Crippen molar-refractivity contribution in [2.75, 3.05) is 11.4 Å². The van der Waals surface area contributed by atoms with Crippen molar-refractivity contribution in [2.45, 2.75) is 65.1 Å². The van der Waals surface area contributed by atoms with Crippen LogP contribution >= 0.6 is 11.6 Å². The number of alkyl carbamates (subject to hydrolysis) is 1.